The number of pyridine rings is 1. The maximum absolute atomic E-state index is 12.6. The van der Waals surface area contributed by atoms with Crippen molar-refractivity contribution in [2.24, 2.45) is 0 Å². The quantitative estimate of drug-likeness (QED) is 0.892. The first-order valence-electron chi connectivity index (χ1n) is 7.21. The fourth-order valence-corrected chi connectivity index (χ4v) is 3.23. The van der Waals surface area contributed by atoms with E-state index < -0.39 is 5.97 Å². The van der Waals surface area contributed by atoms with Crippen LogP contribution in [0.3, 0.4) is 0 Å². The summed E-state index contributed by atoms with van der Waals surface area (Å²) in [6.45, 7) is 2.73. The van der Waals surface area contributed by atoms with Gasteiger partial charge in [0.05, 0.1) is 30.0 Å². The third kappa shape index (κ3) is 2.51. The minimum absolute atomic E-state index is 0.129. The Morgan fingerprint density at radius 1 is 1.38 bits per heavy atom. The van der Waals surface area contributed by atoms with Crippen molar-refractivity contribution < 1.29 is 19.4 Å². The Kier molecular flexibility index (Phi) is 3.63. The highest BCUT2D eigenvalue weighted by atomic mass is 16.5. The second-order valence-electron chi connectivity index (χ2n) is 5.54. The number of morpholine rings is 1. The van der Waals surface area contributed by atoms with Crippen LogP contribution < -0.4 is 0 Å². The molecule has 0 bridgehead atoms. The molecule has 6 heteroatoms. The molecule has 2 fully saturated rings. The maximum Gasteiger partial charge on any atom is 0.337 e. The highest BCUT2D eigenvalue weighted by Gasteiger charge is 2.39. The lowest BCUT2D eigenvalue weighted by molar-refractivity contribution is -0.0447. The number of hydrogen-bond acceptors (Lipinski definition) is 4. The molecule has 1 aliphatic heterocycles. The average Bonchev–Trinajstić information content (AvgIpc) is 2.94. The minimum atomic E-state index is -1.03. The normalized spacial score (nSPS) is 24.7. The Balaban J connectivity index is 1.84. The summed E-state index contributed by atoms with van der Waals surface area (Å²) in [6, 6.07) is 3.08. The van der Waals surface area contributed by atoms with Crippen LogP contribution in [-0.2, 0) is 4.74 Å². The lowest BCUT2D eigenvalue weighted by Crippen LogP contribution is -2.51. The number of rotatable bonds is 2. The van der Waals surface area contributed by atoms with E-state index in [9.17, 15) is 9.59 Å². The van der Waals surface area contributed by atoms with E-state index in [0.717, 1.165) is 19.3 Å². The first kappa shape index (κ1) is 14.0. The van der Waals surface area contributed by atoms with E-state index in [4.69, 9.17) is 9.84 Å². The molecule has 112 valence electrons. The Morgan fingerprint density at radius 3 is 2.90 bits per heavy atom. The molecule has 2 unspecified atom stereocenters. The zero-order valence-electron chi connectivity index (χ0n) is 11.9. The standard InChI is InChI=1S/C15H18N2O4/c1-9-10(15(19)20)5-6-11(16-9)14(18)17-7-8-21-13-4-2-3-12(13)17/h5-6,12-13H,2-4,7-8H2,1H3,(H,19,20). The summed E-state index contributed by atoms with van der Waals surface area (Å²) in [5.41, 5.74) is 0.807. The SMILES string of the molecule is Cc1nc(C(=O)N2CCOC3CCCC32)ccc1C(=O)O. The number of carbonyl (C=O) groups excluding carboxylic acids is 1. The zero-order chi connectivity index (χ0) is 15.0. The molecule has 0 radical (unpaired) electrons. The number of carboxylic acids is 1. The minimum Gasteiger partial charge on any atom is -0.478 e. The van der Waals surface area contributed by atoms with E-state index in [-0.39, 0.29) is 23.6 Å². The molecular weight excluding hydrogens is 272 g/mol. The van der Waals surface area contributed by atoms with Crippen LogP contribution in [0.4, 0.5) is 0 Å². The summed E-state index contributed by atoms with van der Waals surface area (Å²) < 4.78 is 5.70. The molecule has 0 spiro atoms. The van der Waals surface area contributed by atoms with Crippen LogP contribution in [0.2, 0.25) is 0 Å². The molecule has 1 saturated carbocycles. The van der Waals surface area contributed by atoms with Crippen molar-refractivity contribution in [1.82, 2.24) is 9.88 Å². The number of hydrogen-bond donors (Lipinski definition) is 1. The Hall–Kier alpha value is -1.95. The van der Waals surface area contributed by atoms with Crippen molar-refractivity contribution in [2.45, 2.75) is 38.3 Å². The number of aryl methyl sites for hydroxylation is 1. The topological polar surface area (TPSA) is 79.7 Å². The van der Waals surface area contributed by atoms with Crippen molar-refractivity contribution in [3.8, 4) is 0 Å². The number of ether oxygens (including phenoxy) is 1. The summed E-state index contributed by atoms with van der Waals surface area (Å²) in [4.78, 5) is 29.6. The molecule has 3 rings (SSSR count). The number of nitrogens with zero attached hydrogens (tertiary/aromatic N) is 2. The zero-order valence-corrected chi connectivity index (χ0v) is 11.9. The van der Waals surface area contributed by atoms with E-state index in [1.54, 1.807) is 6.92 Å². The average molecular weight is 290 g/mol. The summed E-state index contributed by atoms with van der Waals surface area (Å²) in [5.74, 6) is -1.16. The number of fused-ring (bicyclic) bond motifs is 1. The molecule has 1 aromatic heterocycles. The second kappa shape index (κ2) is 5.44. The predicted molar refractivity (Wildman–Crippen MR) is 74.3 cm³/mol. The molecule has 2 atom stereocenters. The van der Waals surface area contributed by atoms with Crippen molar-refractivity contribution in [1.29, 1.82) is 0 Å². The summed E-state index contributed by atoms with van der Waals surface area (Å²) in [5, 5.41) is 9.02. The van der Waals surface area contributed by atoms with Gasteiger partial charge < -0.3 is 14.7 Å². The first-order valence-corrected chi connectivity index (χ1v) is 7.21. The third-order valence-electron chi connectivity index (χ3n) is 4.28. The Bertz CT molecular complexity index is 587. The van der Waals surface area contributed by atoms with Crippen molar-refractivity contribution >= 4 is 11.9 Å². The van der Waals surface area contributed by atoms with Crippen LogP contribution in [0, 0.1) is 6.92 Å². The van der Waals surface area contributed by atoms with Gasteiger partial charge in [-0.3, -0.25) is 4.79 Å². The van der Waals surface area contributed by atoms with E-state index in [2.05, 4.69) is 4.98 Å². The van der Waals surface area contributed by atoms with E-state index in [1.807, 2.05) is 4.90 Å². The number of aromatic carboxylic acids is 1. The summed E-state index contributed by atoms with van der Waals surface area (Å²) in [7, 11) is 0. The molecule has 1 amide bonds. The molecule has 6 nitrogen and oxygen atoms in total. The van der Waals surface area contributed by atoms with Crippen LogP contribution in [-0.4, -0.2) is 52.2 Å². The van der Waals surface area contributed by atoms with E-state index in [0.29, 0.717) is 24.5 Å². The molecular formula is C15H18N2O4. The molecule has 0 aromatic carbocycles. The summed E-state index contributed by atoms with van der Waals surface area (Å²) in [6.07, 6.45) is 3.17. The highest BCUT2D eigenvalue weighted by Crippen LogP contribution is 2.30. The fourth-order valence-electron chi connectivity index (χ4n) is 3.23. The maximum atomic E-state index is 12.6. The number of amides is 1. The summed E-state index contributed by atoms with van der Waals surface area (Å²) >= 11 is 0. The van der Waals surface area contributed by atoms with Gasteiger partial charge in [-0.15, -0.1) is 0 Å². The van der Waals surface area contributed by atoms with Gasteiger partial charge in [-0.05, 0) is 38.3 Å². The van der Waals surface area contributed by atoms with Gasteiger partial charge >= 0.3 is 5.97 Å². The Morgan fingerprint density at radius 2 is 2.19 bits per heavy atom. The molecule has 21 heavy (non-hydrogen) atoms. The number of aromatic nitrogens is 1. The third-order valence-corrected chi connectivity index (χ3v) is 4.28. The van der Waals surface area contributed by atoms with Gasteiger partial charge in [0.25, 0.3) is 5.91 Å². The largest absolute Gasteiger partial charge is 0.478 e. The van der Waals surface area contributed by atoms with E-state index in [1.165, 1.54) is 12.1 Å². The second-order valence-corrected chi connectivity index (χ2v) is 5.54. The van der Waals surface area contributed by atoms with Gasteiger partial charge in [-0.25, -0.2) is 9.78 Å². The number of carboxylic acid groups (broad SMARTS) is 1. The fraction of sp³-hybridized carbons (Fsp3) is 0.533. The lowest BCUT2D eigenvalue weighted by Gasteiger charge is -2.37. The Labute approximate surface area is 122 Å². The smallest absolute Gasteiger partial charge is 0.337 e. The molecule has 1 N–H and O–H groups in total. The van der Waals surface area contributed by atoms with Gasteiger partial charge in [-0.1, -0.05) is 0 Å². The number of carbonyl (C=O) groups is 2. The predicted octanol–water partition coefficient (Wildman–Crippen LogP) is 1.48. The van der Waals surface area contributed by atoms with E-state index >= 15 is 0 Å². The molecule has 2 heterocycles. The van der Waals surface area contributed by atoms with Crippen LogP contribution in [0.25, 0.3) is 0 Å². The van der Waals surface area contributed by atoms with Crippen LogP contribution in [0.1, 0.15) is 45.8 Å². The van der Waals surface area contributed by atoms with Crippen LogP contribution in [0.5, 0.6) is 0 Å². The van der Waals surface area contributed by atoms with Gasteiger partial charge in [0.2, 0.25) is 0 Å². The van der Waals surface area contributed by atoms with Crippen LogP contribution in [0.15, 0.2) is 12.1 Å². The lowest BCUT2D eigenvalue weighted by atomic mass is 10.1. The molecule has 1 aliphatic carbocycles. The van der Waals surface area contributed by atoms with Gasteiger partial charge in [0.1, 0.15) is 5.69 Å². The first-order chi connectivity index (χ1) is 10.1. The van der Waals surface area contributed by atoms with Gasteiger partial charge in [-0.2, -0.15) is 0 Å². The molecule has 1 aromatic rings. The van der Waals surface area contributed by atoms with Crippen LogP contribution >= 0.6 is 0 Å². The van der Waals surface area contributed by atoms with Crippen molar-refractivity contribution in [2.75, 3.05) is 13.2 Å². The van der Waals surface area contributed by atoms with Gasteiger partial charge in [0.15, 0.2) is 0 Å². The highest BCUT2D eigenvalue weighted by molar-refractivity contribution is 5.94. The van der Waals surface area contributed by atoms with Gasteiger partial charge in [0, 0.05) is 6.54 Å². The monoisotopic (exact) mass is 290 g/mol. The molecule has 2 aliphatic rings. The van der Waals surface area contributed by atoms with Crippen molar-refractivity contribution in [3.05, 3.63) is 29.1 Å². The van der Waals surface area contributed by atoms with Crippen molar-refractivity contribution in [3.63, 3.8) is 0 Å². The molecule has 1 saturated heterocycles.